The summed E-state index contributed by atoms with van der Waals surface area (Å²) in [6.45, 7) is 2.36. The van der Waals surface area contributed by atoms with Gasteiger partial charge in [-0.3, -0.25) is 9.59 Å². The summed E-state index contributed by atoms with van der Waals surface area (Å²) < 4.78 is 5.37. The predicted octanol–water partition coefficient (Wildman–Crippen LogP) is 3.12. The Morgan fingerprint density at radius 2 is 1.75 bits per heavy atom. The summed E-state index contributed by atoms with van der Waals surface area (Å²) in [6, 6.07) is 20.4. The molecule has 0 aromatic heterocycles. The van der Waals surface area contributed by atoms with E-state index in [0.717, 1.165) is 22.1 Å². The lowest BCUT2D eigenvalue weighted by Crippen LogP contribution is -2.35. The highest BCUT2D eigenvalue weighted by atomic mass is 16.5. The molecule has 2 amide bonds. The van der Waals surface area contributed by atoms with Gasteiger partial charge in [0.25, 0.3) is 11.8 Å². The molecule has 6 heteroatoms. The Balaban J connectivity index is 1.51. The van der Waals surface area contributed by atoms with Crippen molar-refractivity contribution in [3.05, 3.63) is 77.9 Å². The van der Waals surface area contributed by atoms with E-state index in [2.05, 4.69) is 15.8 Å². The summed E-state index contributed by atoms with van der Waals surface area (Å²) >= 11 is 0. The van der Waals surface area contributed by atoms with Crippen LogP contribution in [0.5, 0.6) is 5.75 Å². The first kappa shape index (κ1) is 19.1. The van der Waals surface area contributed by atoms with Gasteiger partial charge in [-0.1, -0.05) is 36.4 Å². The Hall–Kier alpha value is -3.67. The van der Waals surface area contributed by atoms with Crippen LogP contribution in [0, 0.1) is 0 Å². The van der Waals surface area contributed by atoms with Crippen LogP contribution in [0.4, 0.5) is 0 Å². The van der Waals surface area contributed by atoms with Crippen molar-refractivity contribution in [1.82, 2.24) is 10.7 Å². The van der Waals surface area contributed by atoms with Gasteiger partial charge in [0.2, 0.25) is 0 Å². The third-order valence-corrected chi connectivity index (χ3v) is 4.04. The first-order valence-electron chi connectivity index (χ1n) is 8.98. The van der Waals surface area contributed by atoms with E-state index in [1.807, 2.05) is 67.6 Å². The van der Waals surface area contributed by atoms with Gasteiger partial charge in [0.05, 0.1) is 19.4 Å². The molecule has 0 saturated carbocycles. The molecule has 142 valence electrons. The second-order valence-corrected chi connectivity index (χ2v) is 6.00. The third kappa shape index (κ3) is 4.94. The molecule has 2 N–H and O–H groups in total. The molecule has 0 spiro atoms. The fourth-order valence-electron chi connectivity index (χ4n) is 2.71. The number of fused-ring (bicyclic) bond motifs is 1. The maximum atomic E-state index is 12.4. The molecule has 0 fully saturated rings. The molecule has 0 heterocycles. The molecule has 28 heavy (non-hydrogen) atoms. The average molecular weight is 375 g/mol. The highest BCUT2D eigenvalue weighted by Gasteiger charge is 2.10. The molecule has 0 saturated heterocycles. The molecule has 0 aliphatic carbocycles. The minimum atomic E-state index is -0.407. The molecule has 0 unspecified atom stereocenters. The van der Waals surface area contributed by atoms with Crippen molar-refractivity contribution in [3.63, 3.8) is 0 Å². The van der Waals surface area contributed by atoms with Gasteiger partial charge >= 0.3 is 0 Å². The number of nitrogens with zero attached hydrogens (tertiary/aromatic N) is 1. The van der Waals surface area contributed by atoms with Gasteiger partial charge in [0, 0.05) is 5.56 Å². The molecule has 0 aliphatic heterocycles. The summed E-state index contributed by atoms with van der Waals surface area (Å²) in [5.41, 5.74) is 3.75. The number of ether oxygens (including phenoxy) is 1. The van der Waals surface area contributed by atoms with Crippen molar-refractivity contribution >= 4 is 28.8 Å². The summed E-state index contributed by atoms with van der Waals surface area (Å²) in [6.07, 6.45) is 1.53. The number of carbonyl (C=O) groups is 2. The van der Waals surface area contributed by atoms with Gasteiger partial charge in [0.15, 0.2) is 0 Å². The van der Waals surface area contributed by atoms with Crippen molar-refractivity contribution in [1.29, 1.82) is 0 Å². The quantitative estimate of drug-likeness (QED) is 0.492. The Bertz CT molecular complexity index is 992. The lowest BCUT2D eigenvalue weighted by atomic mass is 10.0. The van der Waals surface area contributed by atoms with E-state index in [1.165, 1.54) is 6.21 Å². The molecule has 3 aromatic carbocycles. The number of amides is 2. The predicted molar refractivity (Wildman–Crippen MR) is 110 cm³/mol. The van der Waals surface area contributed by atoms with E-state index in [1.54, 1.807) is 6.07 Å². The molecule has 0 bridgehead atoms. The van der Waals surface area contributed by atoms with Gasteiger partial charge < -0.3 is 10.1 Å². The van der Waals surface area contributed by atoms with Crippen LogP contribution in [0.15, 0.2) is 71.8 Å². The van der Waals surface area contributed by atoms with E-state index in [4.69, 9.17) is 4.74 Å². The minimum Gasteiger partial charge on any atom is -0.494 e. The summed E-state index contributed by atoms with van der Waals surface area (Å²) in [5.74, 6) is 0.0676. The summed E-state index contributed by atoms with van der Waals surface area (Å²) in [4.78, 5) is 24.3. The topological polar surface area (TPSA) is 79.8 Å². The molecule has 6 nitrogen and oxygen atoms in total. The fourth-order valence-corrected chi connectivity index (χ4v) is 2.71. The van der Waals surface area contributed by atoms with E-state index in [9.17, 15) is 9.59 Å². The third-order valence-electron chi connectivity index (χ3n) is 4.04. The summed E-state index contributed by atoms with van der Waals surface area (Å²) in [7, 11) is 0. The zero-order valence-electron chi connectivity index (χ0n) is 15.5. The van der Waals surface area contributed by atoms with Crippen LogP contribution in [0.1, 0.15) is 22.8 Å². The Kier molecular flexibility index (Phi) is 6.36. The second kappa shape index (κ2) is 9.32. The maximum Gasteiger partial charge on any atom is 0.259 e. The number of benzene rings is 3. The highest BCUT2D eigenvalue weighted by molar-refractivity contribution is 6.07. The SMILES string of the molecule is CCOc1ccc(/C=N\NC(=O)CNC(=O)c2cccc3ccccc23)cc1. The van der Waals surface area contributed by atoms with Crippen molar-refractivity contribution in [2.75, 3.05) is 13.2 Å². The van der Waals surface area contributed by atoms with Crippen molar-refractivity contribution < 1.29 is 14.3 Å². The van der Waals surface area contributed by atoms with Crippen LogP contribution in [0.3, 0.4) is 0 Å². The van der Waals surface area contributed by atoms with Crippen LogP contribution in [-0.4, -0.2) is 31.2 Å². The van der Waals surface area contributed by atoms with Gasteiger partial charge in [-0.25, -0.2) is 5.43 Å². The Morgan fingerprint density at radius 1 is 1.00 bits per heavy atom. The highest BCUT2D eigenvalue weighted by Crippen LogP contribution is 2.18. The second-order valence-electron chi connectivity index (χ2n) is 6.00. The monoisotopic (exact) mass is 375 g/mol. The van der Waals surface area contributed by atoms with E-state index in [0.29, 0.717) is 12.2 Å². The fraction of sp³-hybridized carbons (Fsp3) is 0.136. The summed E-state index contributed by atoms with van der Waals surface area (Å²) in [5, 5.41) is 8.34. The van der Waals surface area contributed by atoms with Crippen LogP contribution in [0.2, 0.25) is 0 Å². The molecular formula is C22H21N3O3. The van der Waals surface area contributed by atoms with Crippen LogP contribution in [-0.2, 0) is 4.79 Å². The zero-order valence-corrected chi connectivity index (χ0v) is 15.5. The number of carbonyl (C=O) groups excluding carboxylic acids is 2. The molecule has 0 aliphatic rings. The van der Waals surface area contributed by atoms with Crippen LogP contribution in [0.25, 0.3) is 10.8 Å². The average Bonchev–Trinajstić information content (AvgIpc) is 2.73. The molecule has 0 radical (unpaired) electrons. The zero-order chi connectivity index (χ0) is 19.8. The molecular weight excluding hydrogens is 354 g/mol. The van der Waals surface area contributed by atoms with Gasteiger partial charge in [-0.15, -0.1) is 0 Å². The molecule has 3 rings (SSSR count). The van der Waals surface area contributed by atoms with Crippen molar-refractivity contribution in [2.45, 2.75) is 6.92 Å². The van der Waals surface area contributed by atoms with E-state index in [-0.39, 0.29) is 12.5 Å². The number of hydrogen-bond donors (Lipinski definition) is 2. The van der Waals surface area contributed by atoms with E-state index >= 15 is 0 Å². The standard InChI is InChI=1S/C22H21N3O3/c1-2-28-18-12-10-16(11-13-18)14-24-25-21(26)15-23-22(27)20-9-5-7-17-6-3-4-8-19(17)20/h3-14H,2,15H2,1H3,(H,23,27)(H,25,26)/b24-14-. The van der Waals surface area contributed by atoms with Crippen molar-refractivity contribution in [2.24, 2.45) is 5.10 Å². The smallest absolute Gasteiger partial charge is 0.259 e. The normalized spacial score (nSPS) is 10.8. The molecule has 0 atom stereocenters. The first-order valence-corrected chi connectivity index (χ1v) is 8.98. The number of hydrazone groups is 1. The Labute approximate surface area is 163 Å². The van der Waals surface area contributed by atoms with Gasteiger partial charge in [0.1, 0.15) is 5.75 Å². The molecule has 3 aromatic rings. The van der Waals surface area contributed by atoms with Gasteiger partial charge in [-0.05, 0) is 53.6 Å². The van der Waals surface area contributed by atoms with Gasteiger partial charge in [-0.2, -0.15) is 5.10 Å². The first-order chi connectivity index (χ1) is 13.7. The van der Waals surface area contributed by atoms with Crippen molar-refractivity contribution in [3.8, 4) is 5.75 Å². The Morgan fingerprint density at radius 3 is 2.54 bits per heavy atom. The number of nitrogens with one attached hydrogen (secondary N) is 2. The van der Waals surface area contributed by atoms with Crippen LogP contribution < -0.4 is 15.5 Å². The lowest BCUT2D eigenvalue weighted by Gasteiger charge is -2.07. The van der Waals surface area contributed by atoms with E-state index < -0.39 is 5.91 Å². The number of rotatable bonds is 7. The largest absolute Gasteiger partial charge is 0.494 e. The lowest BCUT2D eigenvalue weighted by molar-refractivity contribution is -0.120. The maximum absolute atomic E-state index is 12.4. The van der Waals surface area contributed by atoms with Crippen LogP contribution >= 0.6 is 0 Å². The number of hydrogen-bond acceptors (Lipinski definition) is 4. The minimum absolute atomic E-state index is 0.164.